The molecule has 0 saturated heterocycles. The molecule has 0 spiro atoms. The number of anilines is 1. The molecule has 0 aliphatic heterocycles. The standard InChI is InChI=1S/C30H27N3O5S/c1-37-28(36)26(20-17-18-20)38-33-25(27(34)35)24-19-39-29(31-24)32-30(21-11-5-2-6-12-21,22-13-7-3-8-14-22)23-15-9-4-10-16-23/h2-16,19-20,26H,17-18H2,1H3,(H,31,32)(H,34,35)/b33-25-. The third-order valence-corrected chi connectivity index (χ3v) is 7.36. The Labute approximate surface area is 229 Å². The number of aliphatic carboxylic acids is 1. The summed E-state index contributed by atoms with van der Waals surface area (Å²) in [4.78, 5) is 34.2. The fourth-order valence-corrected chi connectivity index (χ4v) is 5.27. The van der Waals surface area contributed by atoms with Gasteiger partial charge in [0.1, 0.15) is 11.2 Å². The summed E-state index contributed by atoms with van der Waals surface area (Å²) < 4.78 is 4.79. The maximum atomic E-state index is 12.1. The van der Waals surface area contributed by atoms with Gasteiger partial charge in [-0.05, 0) is 29.5 Å². The number of nitrogens with zero attached hydrogens (tertiary/aromatic N) is 2. The van der Waals surface area contributed by atoms with E-state index in [-0.39, 0.29) is 11.6 Å². The van der Waals surface area contributed by atoms with Crippen LogP contribution in [0, 0.1) is 5.92 Å². The predicted octanol–water partition coefficient (Wildman–Crippen LogP) is 5.30. The van der Waals surface area contributed by atoms with Gasteiger partial charge in [-0.3, -0.25) is 0 Å². The van der Waals surface area contributed by atoms with Crippen LogP contribution in [0.2, 0.25) is 0 Å². The molecule has 4 aromatic rings. The highest BCUT2D eigenvalue weighted by Gasteiger charge is 2.40. The summed E-state index contributed by atoms with van der Waals surface area (Å²) >= 11 is 1.26. The van der Waals surface area contributed by atoms with Crippen LogP contribution in [-0.4, -0.2) is 41.0 Å². The molecule has 1 heterocycles. The summed E-state index contributed by atoms with van der Waals surface area (Å²) in [6.45, 7) is 0. The number of nitrogens with one attached hydrogen (secondary N) is 1. The van der Waals surface area contributed by atoms with E-state index in [9.17, 15) is 14.7 Å². The summed E-state index contributed by atoms with van der Waals surface area (Å²) in [6, 6.07) is 30.1. The lowest BCUT2D eigenvalue weighted by atomic mass is 9.77. The van der Waals surface area contributed by atoms with Gasteiger partial charge in [-0.1, -0.05) is 96.2 Å². The lowest BCUT2D eigenvalue weighted by Crippen LogP contribution is -2.38. The lowest BCUT2D eigenvalue weighted by Gasteiger charge is -2.36. The molecule has 1 saturated carbocycles. The molecule has 0 bridgehead atoms. The number of carbonyl (C=O) groups is 2. The Morgan fingerprint density at radius 2 is 1.46 bits per heavy atom. The molecular weight excluding hydrogens is 514 g/mol. The van der Waals surface area contributed by atoms with Crippen molar-refractivity contribution in [1.29, 1.82) is 0 Å². The fraction of sp³-hybridized carbons (Fsp3) is 0.200. The smallest absolute Gasteiger partial charge is 0.360 e. The number of carbonyl (C=O) groups excluding carboxylic acids is 1. The Kier molecular flexibility index (Phi) is 7.69. The van der Waals surface area contributed by atoms with Gasteiger partial charge in [0.25, 0.3) is 0 Å². The summed E-state index contributed by atoms with van der Waals surface area (Å²) in [5.74, 6) is -1.93. The average molecular weight is 542 g/mol. The second kappa shape index (κ2) is 11.5. The second-order valence-corrected chi connectivity index (χ2v) is 10.0. The van der Waals surface area contributed by atoms with Crippen molar-refractivity contribution in [3.8, 4) is 0 Å². The van der Waals surface area contributed by atoms with Crippen LogP contribution in [0.1, 0.15) is 35.2 Å². The van der Waals surface area contributed by atoms with Gasteiger partial charge in [-0.25, -0.2) is 14.6 Å². The molecule has 8 nitrogen and oxygen atoms in total. The van der Waals surface area contributed by atoms with Crippen LogP contribution in [0.5, 0.6) is 0 Å². The third kappa shape index (κ3) is 5.53. The lowest BCUT2D eigenvalue weighted by molar-refractivity contribution is -0.155. The molecule has 39 heavy (non-hydrogen) atoms. The van der Waals surface area contributed by atoms with Gasteiger partial charge in [0.05, 0.1) is 7.11 Å². The molecule has 1 aromatic heterocycles. The van der Waals surface area contributed by atoms with Gasteiger partial charge < -0.3 is 20.0 Å². The maximum absolute atomic E-state index is 12.1. The van der Waals surface area contributed by atoms with Crippen LogP contribution in [0.3, 0.4) is 0 Å². The summed E-state index contributed by atoms with van der Waals surface area (Å²) in [5, 5.41) is 19.4. The Morgan fingerprint density at radius 3 is 1.90 bits per heavy atom. The number of hydrogen-bond donors (Lipinski definition) is 2. The molecule has 1 unspecified atom stereocenters. The zero-order chi connectivity index (χ0) is 27.2. The normalized spacial score (nSPS) is 14.3. The fourth-order valence-electron chi connectivity index (χ4n) is 4.52. The first-order chi connectivity index (χ1) is 19.0. The number of carboxylic acid groups (broad SMARTS) is 1. The molecule has 0 amide bonds. The molecule has 1 atom stereocenters. The van der Waals surface area contributed by atoms with Gasteiger partial charge in [-0.15, -0.1) is 11.3 Å². The highest BCUT2D eigenvalue weighted by Crippen LogP contribution is 2.40. The monoisotopic (exact) mass is 541 g/mol. The molecule has 1 aliphatic carbocycles. The van der Waals surface area contributed by atoms with Crippen LogP contribution in [0.15, 0.2) is 102 Å². The third-order valence-electron chi connectivity index (χ3n) is 6.61. The summed E-state index contributed by atoms with van der Waals surface area (Å²) in [6.07, 6.45) is 0.647. The second-order valence-electron chi connectivity index (χ2n) is 9.14. The van der Waals surface area contributed by atoms with E-state index in [0.29, 0.717) is 5.13 Å². The van der Waals surface area contributed by atoms with Crippen LogP contribution in [0.4, 0.5) is 5.13 Å². The number of hydrogen-bond acceptors (Lipinski definition) is 8. The van der Waals surface area contributed by atoms with Crippen molar-refractivity contribution in [3.63, 3.8) is 0 Å². The van der Waals surface area contributed by atoms with Crippen molar-refractivity contribution in [2.75, 3.05) is 12.4 Å². The van der Waals surface area contributed by atoms with Crippen molar-refractivity contribution >= 4 is 34.1 Å². The zero-order valence-corrected chi connectivity index (χ0v) is 22.0. The average Bonchev–Trinajstić information content (AvgIpc) is 3.72. The first-order valence-electron chi connectivity index (χ1n) is 12.5. The number of thiazole rings is 1. The number of rotatable bonds is 11. The molecule has 9 heteroatoms. The SMILES string of the molecule is COC(=O)C(O/N=C(\C(=O)O)c1csc(NC(c2ccccc2)(c2ccccc2)c2ccccc2)n1)C1CC1. The van der Waals surface area contributed by atoms with E-state index in [1.165, 1.54) is 18.4 Å². The first-order valence-corrected chi connectivity index (χ1v) is 13.4. The molecule has 5 rings (SSSR count). The summed E-state index contributed by atoms with van der Waals surface area (Å²) in [5.41, 5.74) is 1.87. The van der Waals surface area contributed by atoms with E-state index in [4.69, 9.17) is 9.57 Å². The van der Waals surface area contributed by atoms with Gasteiger partial charge in [0.15, 0.2) is 5.13 Å². The molecular formula is C30H27N3O5S. The quantitative estimate of drug-likeness (QED) is 0.115. The molecule has 2 N–H and O–H groups in total. The first kappa shape index (κ1) is 26.1. The number of aromatic nitrogens is 1. The minimum atomic E-state index is -1.31. The Morgan fingerprint density at radius 1 is 0.949 bits per heavy atom. The largest absolute Gasteiger partial charge is 0.476 e. The summed E-state index contributed by atoms with van der Waals surface area (Å²) in [7, 11) is 1.26. The Bertz CT molecular complexity index is 1360. The number of oxime groups is 1. The van der Waals surface area contributed by atoms with Crippen molar-refractivity contribution in [2.45, 2.75) is 24.5 Å². The van der Waals surface area contributed by atoms with Crippen molar-refractivity contribution < 1.29 is 24.3 Å². The minimum absolute atomic E-state index is 0.0351. The van der Waals surface area contributed by atoms with Gasteiger partial charge >= 0.3 is 11.9 Å². The van der Waals surface area contributed by atoms with Gasteiger partial charge in [-0.2, -0.15) is 0 Å². The Hall–Kier alpha value is -4.50. The number of ether oxygens (including phenoxy) is 1. The number of methoxy groups -OCH3 is 1. The van der Waals surface area contributed by atoms with Crippen molar-refractivity contribution in [1.82, 2.24) is 4.98 Å². The van der Waals surface area contributed by atoms with E-state index < -0.39 is 29.3 Å². The van der Waals surface area contributed by atoms with E-state index in [1.54, 1.807) is 5.38 Å². The van der Waals surface area contributed by atoms with Crippen LogP contribution in [-0.2, 0) is 24.7 Å². The number of carboxylic acids is 1. The maximum Gasteiger partial charge on any atom is 0.360 e. The van der Waals surface area contributed by atoms with Crippen molar-refractivity contribution in [3.05, 3.63) is 119 Å². The van der Waals surface area contributed by atoms with Crippen LogP contribution < -0.4 is 5.32 Å². The van der Waals surface area contributed by atoms with E-state index in [2.05, 4.69) is 15.5 Å². The van der Waals surface area contributed by atoms with Crippen molar-refractivity contribution in [2.24, 2.45) is 11.1 Å². The van der Waals surface area contributed by atoms with E-state index in [0.717, 1.165) is 29.5 Å². The highest BCUT2D eigenvalue weighted by atomic mass is 32.1. The van der Waals surface area contributed by atoms with Gasteiger partial charge in [0.2, 0.25) is 11.8 Å². The topological polar surface area (TPSA) is 110 Å². The van der Waals surface area contributed by atoms with Gasteiger partial charge in [0, 0.05) is 11.3 Å². The van der Waals surface area contributed by atoms with Crippen LogP contribution >= 0.6 is 11.3 Å². The van der Waals surface area contributed by atoms with E-state index in [1.807, 2.05) is 91.0 Å². The minimum Gasteiger partial charge on any atom is -0.476 e. The zero-order valence-electron chi connectivity index (χ0n) is 21.2. The van der Waals surface area contributed by atoms with Crippen LogP contribution in [0.25, 0.3) is 0 Å². The van der Waals surface area contributed by atoms with E-state index >= 15 is 0 Å². The molecule has 1 fully saturated rings. The molecule has 198 valence electrons. The molecule has 1 aliphatic rings. The number of benzene rings is 3. The Balaban J connectivity index is 1.55. The highest BCUT2D eigenvalue weighted by molar-refractivity contribution is 7.14. The number of esters is 1. The molecule has 3 aromatic carbocycles. The predicted molar refractivity (Wildman–Crippen MR) is 149 cm³/mol. The molecule has 0 radical (unpaired) electrons.